The van der Waals surface area contributed by atoms with E-state index in [0.717, 1.165) is 50.8 Å². The maximum absolute atomic E-state index is 14.6. The molecule has 2 aromatic carbocycles. The average molecular weight is 1390 g/mol. The number of methoxy groups -OCH3 is 2. The van der Waals surface area contributed by atoms with Gasteiger partial charge in [-0.1, -0.05) is 26.8 Å². The highest BCUT2D eigenvalue weighted by atomic mass is 16.5. The van der Waals surface area contributed by atoms with Crippen LogP contribution in [-0.2, 0) is 43.0 Å². The number of hydrogen-bond donors (Lipinski definition) is 7. The summed E-state index contributed by atoms with van der Waals surface area (Å²) < 4.78 is 30.3. The third-order valence-corrected chi connectivity index (χ3v) is 19.5. The monoisotopic (exact) mass is 1390 g/mol. The van der Waals surface area contributed by atoms with Gasteiger partial charge >= 0.3 is 17.9 Å². The van der Waals surface area contributed by atoms with Gasteiger partial charge in [-0.25, -0.2) is 9.48 Å². The van der Waals surface area contributed by atoms with E-state index in [1.807, 2.05) is 56.8 Å². The molecule has 3 aromatic rings. The van der Waals surface area contributed by atoms with Crippen LogP contribution in [0.4, 0.5) is 0 Å². The van der Waals surface area contributed by atoms with Gasteiger partial charge in [-0.15, -0.1) is 0 Å². The minimum atomic E-state index is -1.39. The van der Waals surface area contributed by atoms with Gasteiger partial charge in [0.25, 0.3) is 11.8 Å². The van der Waals surface area contributed by atoms with Gasteiger partial charge in [0, 0.05) is 117 Å². The highest BCUT2D eigenvalue weighted by Gasteiger charge is 2.62. The van der Waals surface area contributed by atoms with Crippen molar-refractivity contribution in [1.82, 2.24) is 60.4 Å². The van der Waals surface area contributed by atoms with Crippen molar-refractivity contribution in [2.45, 2.75) is 103 Å². The Morgan fingerprint density at radius 2 is 1.08 bits per heavy atom. The molecule has 5 aliphatic rings. The minimum absolute atomic E-state index is 0.00667. The molecule has 1 saturated heterocycles. The lowest BCUT2D eigenvalue weighted by atomic mass is 9.48. The Morgan fingerprint density at radius 3 is 1.57 bits per heavy atom. The second-order valence-electron chi connectivity index (χ2n) is 27.2. The predicted molar refractivity (Wildman–Crippen MR) is 371 cm³/mol. The molecule has 28 heteroatoms. The molecule has 4 bridgehead atoms. The van der Waals surface area contributed by atoms with Gasteiger partial charge < -0.3 is 75.0 Å². The van der Waals surface area contributed by atoms with E-state index in [0.29, 0.717) is 196 Å². The number of likely N-dealkylation sites (N-methyl/N-ethyl adjacent to an activating group) is 1. The Morgan fingerprint density at radius 1 is 0.596 bits per heavy atom. The third-order valence-electron chi connectivity index (χ3n) is 19.5. The van der Waals surface area contributed by atoms with Gasteiger partial charge in [0.1, 0.15) is 17.0 Å². The van der Waals surface area contributed by atoms with Crippen molar-refractivity contribution in [2.24, 2.45) is 23.7 Å². The number of carboxylic acids is 3. The fraction of sp³-hybridized carbons (Fsp3) is 0.676. The molecule has 1 aliphatic heterocycles. The standard InChI is InChI=1S/C71H110N12O16/c1-8-78-26-28-79(30-31-81(49-66(89)90)33-32-80(29-27-78)48-65(87)88)47-64(86)74-22-12-35-98-37-39-99-38-36-97-34-11-21-73-63(85)19-18-62(84)72-20-10-24-82(25-13-23-77(4)5)69(92)53-16-17-58(56(45-53)50(2)3)83-59(67-60(95-6)14-9-15-61(67)96-7)46-57(76-83)68(91)75-71(70(93)94)54-41-51-40-52(43-54)44-55(71)42-51/h9,14-17,45-46,50-52,54-55H,8,10-13,18-44,47-49H2,1-7H3,(H,72,84)(H,73,85)(H,74,86)(H,75,91)(H,87,88)(H,89,90)(H,93,94). The lowest BCUT2D eigenvalue weighted by molar-refractivity contribution is -0.163. The normalized spacial score (nSPS) is 20.1. The Balaban J connectivity index is 0.790. The van der Waals surface area contributed by atoms with Crippen LogP contribution in [0.25, 0.3) is 16.9 Å². The molecule has 1 aromatic heterocycles. The second kappa shape index (κ2) is 40.2. The van der Waals surface area contributed by atoms with Gasteiger partial charge in [-0.05, 0) is 157 Å². The number of rotatable bonds is 41. The predicted octanol–water partition coefficient (Wildman–Crippen LogP) is 3.84. The van der Waals surface area contributed by atoms with Crippen molar-refractivity contribution in [3.63, 3.8) is 0 Å². The molecular formula is C71H110N12O16. The van der Waals surface area contributed by atoms with Crippen LogP contribution in [-0.4, -0.2) is 293 Å². The molecule has 0 radical (unpaired) electrons. The molecule has 99 heavy (non-hydrogen) atoms. The van der Waals surface area contributed by atoms with Crippen LogP contribution in [0, 0.1) is 23.7 Å². The summed E-state index contributed by atoms with van der Waals surface area (Å²) in [6.07, 6.45) is 6.62. The Labute approximate surface area is 583 Å². The maximum atomic E-state index is 14.6. The van der Waals surface area contributed by atoms with Crippen LogP contribution in [0.1, 0.15) is 124 Å². The van der Waals surface area contributed by atoms with Crippen LogP contribution in [0.3, 0.4) is 0 Å². The zero-order chi connectivity index (χ0) is 71.4. The van der Waals surface area contributed by atoms with Crippen molar-refractivity contribution >= 4 is 47.4 Å². The first-order chi connectivity index (χ1) is 47.6. The minimum Gasteiger partial charge on any atom is -0.496 e. The Hall–Kier alpha value is -7.31. The summed E-state index contributed by atoms with van der Waals surface area (Å²) in [5, 5.41) is 46.5. The summed E-state index contributed by atoms with van der Waals surface area (Å²) >= 11 is 0. The average Bonchev–Trinajstić information content (AvgIpc) is 1.08. The van der Waals surface area contributed by atoms with E-state index in [1.165, 1.54) is 0 Å². The van der Waals surface area contributed by atoms with Gasteiger partial charge in [0.2, 0.25) is 17.7 Å². The fourth-order valence-electron chi connectivity index (χ4n) is 14.4. The number of carbonyl (C=O) groups excluding carboxylic acids is 5. The fourth-order valence-corrected chi connectivity index (χ4v) is 14.4. The first kappa shape index (κ1) is 79.0. The Bertz CT molecular complexity index is 3080. The number of hydrogen-bond acceptors (Lipinski definition) is 19. The van der Waals surface area contributed by atoms with E-state index in [2.05, 4.69) is 31.1 Å². The van der Waals surface area contributed by atoms with E-state index in [4.69, 9.17) is 28.8 Å². The molecule has 4 aliphatic carbocycles. The summed E-state index contributed by atoms with van der Waals surface area (Å²) in [6, 6.07) is 12.5. The van der Waals surface area contributed by atoms with Crippen LogP contribution in [0.5, 0.6) is 11.5 Å². The van der Waals surface area contributed by atoms with E-state index in [-0.39, 0.29) is 79.6 Å². The molecule has 7 N–H and O–H groups in total. The van der Waals surface area contributed by atoms with Crippen molar-refractivity contribution < 1.29 is 77.4 Å². The lowest BCUT2D eigenvalue weighted by Crippen LogP contribution is -2.70. The number of benzene rings is 2. The number of amides is 5. The first-order valence-electron chi connectivity index (χ1n) is 35.4. The van der Waals surface area contributed by atoms with Crippen molar-refractivity contribution in [3.8, 4) is 28.4 Å². The van der Waals surface area contributed by atoms with E-state index in [9.17, 15) is 53.7 Å². The number of aromatic nitrogens is 2. The number of ether oxygens (including phenoxy) is 5. The number of carboxylic acid groups (broad SMARTS) is 3. The molecule has 0 atom stereocenters. The second-order valence-corrected chi connectivity index (χ2v) is 27.2. The number of nitrogens with zero attached hydrogens (tertiary/aromatic N) is 8. The smallest absolute Gasteiger partial charge is 0.330 e. The molecule has 5 amide bonds. The van der Waals surface area contributed by atoms with Gasteiger partial charge in [0.15, 0.2) is 5.69 Å². The Kier molecular flexibility index (Phi) is 32.1. The third kappa shape index (κ3) is 23.9. The summed E-state index contributed by atoms with van der Waals surface area (Å²) in [6.45, 7) is 16.0. The maximum Gasteiger partial charge on any atom is 0.330 e. The lowest BCUT2D eigenvalue weighted by Gasteiger charge is -2.59. The van der Waals surface area contributed by atoms with Crippen molar-refractivity contribution in [1.29, 1.82) is 0 Å². The molecule has 8 rings (SSSR count). The zero-order valence-electron chi connectivity index (χ0n) is 59.4. The molecule has 2 heterocycles. The van der Waals surface area contributed by atoms with Crippen LogP contribution in [0.2, 0.25) is 0 Å². The van der Waals surface area contributed by atoms with Gasteiger partial charge in [-0.3, -0.25) is 48.3 Å². The summed E-state index contributed by atoms with van der Waals surface area (Å²) in [5.41, 5.74) is 1.49. The highest BCUT2D eigenvalue weighted by Crippen LogP contribution is 2.58. The summed E-state index contributed by atoms with van der Waals surface area (Å²) in [4.78, 5) is 116. The molecule has 4 saturated carbocycles. The quantitative estimate of drug-likeness (QED) is 0.0397. The van der Waals surface area contributed by atoms with E-state index >= 15 is 0 Å². The van der Waals surface area contributed by atoms with Crippen molar-refractivity contribution in [3.05, 3.63) is 59.3 Å². The number of carbonyl (C=O) groups is 8. The molecule has 28 nitrogen and oxygen atoms in total. The topological polar surface area (TPSA) is 329 Å². The highest BCUT2D eigenvalue weighted by molar-refractivity contribution is 5.99. The van der Waals surface area contributed by atoms with E-state index < -0.39 is 29.4 Å². The SMILES string of the molecule is CCN1CCN(CC(=O)O)CCN(CC(=O)O)CCN(CC(=O)NCCCOCCOCCOCCCNC(=O)CCC(=O)NCCCN(CCCN(C)C)C(=O)c2ccc(-n3nc(C(=O)NC4(C(=O)O)C5CC6CC(C5)CC4C6)cc3-c3c(OC)cccc3OC)c(C(C)C)c2)CC1. The summed E-state index contributed by atoms with van der Waals surface area (Å²) in [7, 11) is 7.05. The van der Waals surface area contributed by atoms with Crippen LogP contribution in [0.15, 0.2) is 42.5 Å². The largest absolute Gasteiger partial charge is 0.496 e. The molecule has 550 valence electrons. The van der Waals surface area contributed by atoms with Crippen molar-refractivity contribution in [2.75, 3.05) is 186 Å². The molecular weight excluding hydrogens is 1280 g/mol. The number of nitrogens with one attached hydrogen (secondary N) is 4. The summed E-state index contributed by atoms with van der Waals surface area (Å²) in [5.74, 6) is -2.85. The van der Waals surface area contributed by atoms with Gasteiger partial charge in [0.05, 0.1) is 77.2 Å². The molecule has 0 unspecified atom stereocenters. The first-order valence-corrected chi connectivity index (χ1v) is 35.4. The van der Waals surface area contributed by atoms with Gasteiger partial charge in [-0.2, -0.15) is 5.10 Å². The zero-order valence-corrected chi connectivity index (χ0v) is 59.4. The number of aliphatic carboxylic acids is 3. The van der Waals surface area contributed by atoms with Crippen LogP contribution < -0.4 is 30.7 Å². The van der Waals surface area contributed by atoms with E-state index in [1.54, 1.807) is 59.0 Å². The molecule has 5 fully saturated rings. The van der Waals surface area contributed by atoms with Crippen LogP contribution >= 0.6 is 0 Å². The molecule has 0 spiro atoms.